The van der Waals surface area contributed by atoms with Gasteiger partial charge in [-0.1, -0.05) is 0 Å². The van der Waals surface area contributed by atoms with Crippen molar-refractivity contribution in [2.75, 3.05) is 23.7 Å². The number of nitrogens with zero attached hydrogens (tertiary/aromatic N) is 4. The molecule has 96 valence electrons. The van der Waals surface area contributed by atoms with Crippen LogP contribution in [0.3, 0.4) is 0 Å². The maximum atomic E-state index is 5.76. The number of thiophene rings is 1. The number of nitrogens with two attached hydrogens (primary N) is 1. The minimum absolute atomic E-state index is 0.252. The van der Waals surface area contributed by atoms with Crippen molar-refractivity contribution in [3.8, 4) is 10.7 Å². The van der Waals surface area contributed by atoms with Gasteiger partial charge in [0.1, 0.15) is 0 Å². The van der Waals surface area contributed by atoms with Crippen molar-refractivity contribution in [3.05, 3.63) is 15.9 Å². The minimum Gasteiger partial charge on any atom is -0.368 e. The van der Waals surface area contributed by atoms with E-state index < -0.39 is 0 Å². The molecule has 2 aromatic heterocycles. The van der Waals surface area contributed by atoms with Crippen LogP contribution >= 0.6 is 27.3 Å². The number of aromatic nitrogens is 3. The Labute approximate surface area is 118 Å². The molecule has 0 radical (unpaired) electrons. The van der Waals surface area contributed by atoms with Crippen molar-refractivity contribution >= 4 is 39.2 Å². The Balaban J connectivity index is 2.47. The largest absolute Gasteiger partial charge is 0.368 e. The molecule has 2 rings (SSSR count). The van der Waals surface area contributed by atoms with E-state index in [1.165, 1.54) is 0 Å². The Kier molecular flexibility index (Phi) is 4.13. The van der Waals surface area contributed by atoms with Crippen molar-refractivity contribution in [2.24, 2.45) is 0 Å². The lowest BCUT2D eigenvalue weighted by molar-refractivity contribution is 0.816. The van der Waals surface area contributed by atoms with E-state index in [4.69, 9.17) is 5.73 Å². The summed E-state index contributed by atoms with van der Waals surface area (Å²) in [5, 5.41) is 1.98. The van der Waals surface area contributed by atoms with Gasteiger partial charge in [0.25, 0.3) is 0 Å². The van der Waals surface area contributed by atoms with Crippen LogP contribution < -0.4 is 10.6 Å². The van der Waals surface area contributed by atoms with E-state index in [-0.39, 0.29) is 5.95 Å². The molecule has 0 spiro atoms. The number of hydrogen-bond donors (Lipinski definition) is 1. The molecule has 7 heteroatoms. The average Bonchev–Trinajstić information content (AvgIpc) is 2.76. The van der Waals surface area contributed by atoms with Crippen molar-refractivity contribution in [1.82, 2.24) is 15.0 Å². The fourth-order valence-electron chi connectivity index (χ4n) is 1.58. The SMILES string of the molecule is CCN(CC)c1nc(N)nc(-c2sccc2Br)n1. The van der Waals surface area contributed by atoms with Crippen LogP contribution in [0.1, 0.15) is 13.8 Å². The maximum Gasteiger partial charge on any atom is 0.230 e. The number of hydrogen-bond acceptors (Lipinski definition) is 6. The van der Waals surface area contributed by atoms with Gasteiger partial charge in [0, 0.05) is 17.6 Å². The lowest BCUT2D eigenvalue weighted by Gasteiger charge is -2.18. The highest BCUT2D eigenvalue weighted by atomic mass is 79.9. The summed E-state index contributed by atoms with van der Waals surface area (Å²) in [4.78, 5) is 15.9. The van der Waals surface area contributed by atoms with Crippen LogP contribution in [0.25, 0.3) is 10.7 Å². The Morgan fingerprint density at radius 2 is 2.00 bits per heavy atom. The summed E-state index contributed by atoms with van der Waals surface area (Å²) in [6.07, 6.45) is 0. The van der Waals surface area contributed by atoms with Crippen molar-refractivity contribution < 1.29 is 0 Å². The summed E-state index contributed by atoms with van der Waals surface area (Å²) in [5.41, 5.74) is 5.76. The van der Waals surface area contributed by atoms with E-state index in [2.05, 4.69) is 44.7 Å². The molecule has 0 saturated heterocycles. The number of halogens is 1. The lowest BCUT2D eigenvalue weighted by atomic mass is 10.4. The second-order valence-electron chi connectivity index (χ2n) is 3.59. The summed E-state index contributed by atoms with van der Waals surface area (Å²) in [6.45, 7) is 5.80. The molecule has 0 aliphatic rings. The van der Waals surface area contributed by atoms with Gasteiger partial charge in [-0.15, -0.1) is 11.3 Å². The van der Waals surface area contributed by atoms with Gasteiger partial charge in [-0.3, -0.25) is 0 Å². The number of anilines is 2. The molecule has 2 aromatic rings. The summed E-state index contributed by atoms with van der Waals surface area (Å²) in [6, 6.07) is 1.97. The van der Waals surface area contributed by atoms with Crippen LogP contribution in [0.4, 0.5) is 11.9 Å². The highest BCUT2D eigenvalue weighted by Gasteiger charge is 2.13. The van der Waals surface area contributed by atoms with E-state index in [1.807, 2.05) is 16.3 Å². The fraction of sp³-hybridized carbons (Fsp3) is 0.364. The third-order valence-electron chi connectivity index (χ3n) is 2.51. The molecule has 0 saturated carbocycles. The molecule has 2 heterocycles. The van der Waals surface area contributed by atoms with Gasteiger partial charge in [-0.05, 0) is 41.2 Å². The zero-order valence-electron chi connectivity index (χ0n) is 10.2. The quantitative estimate of drug-likeness (QED) is 0.935. The van der Waals surface area contributed by atoms with E-state index in [1.54, 1.807) is 11.3 Å². The molecular weight excluding hydrogens is 314 g/mol. The lowest BCUT2D eigenvalue weighted by Crippen LogP contribution is -2.25. The molecule has 0 aliphatic heterocycles. The predicted molar refractivity (Wildman–Crippen MR) is 78.8 cm³/mol. The Hall–Kier alpha value is -1.21. The summed E-state index contributed by atoms with van der Waals surface area (Å²) in [7, 11) is 0. The Morgan fingerprint density at radius 1 is 1.28 bits per heavy atom. The second kappa shape index (κ2) is 5.62. The first-order chi connectivity index (χ1) is 8.65. The standard InChI is InChI=1S/C11H14BrN5S/c1-3-17(4-2)11-15-9(14-10(13)16-11)8-7(12)5-6-18-8/h5-6H,3-4H2,1-2H3,(H2,13,14,15,16). The number of nitrogen functional groups attached to an aromatic ring is 1. The molecular formula is C11H14BrN5S. The molecule has 0 bridgehead atoms. The second-order valence-corrected chi connectivity index (χ2v) is 5.36. The van der Waals surface area contributed by atoms with Crippen LogP contribution in [0, 0.1) is 0 Å². The molecule has 0 unspecified atom stereocenters. The molecule has 0 aliphatic carbocycles. The molecule has 0 aromatic carbocycles. The van der Waals surface area contributed by atoms with Gasteiger partial charge < -0.3 is 10.6 Å². The van der Waals surface area contributed by atoms with Gasteiger partial charge in [-0.2, -0.15) is 15.0 Å². The molecule has 5 nitrogen and oxygen atoms in total. The first kappa shape index (κ1) is 13.2. The molecule has 0 atom stereocenters. The van der Waals surface area contributed by atoms with Gasteiger partial charge in [0.15, 0.2) is 5.82 Å². The highest BCUT2D eigenvalue weighted by Crippen LogP contribution is 2.31. The number of rotatable bonds is 4. The normalized spacial score (nSPS) is 10.6. The van der Waals surface area contributed by atoms with E-state index >= 15 is 0 Å². The van der Waals surface area contributed by atoms with Crippen molar-refractivity contribution in [1.29, 1.82) is 0 Å². The maximum absolute atomic E-state index is 5.76. The van der Waals surface area contributed by atoms with Crippen LogP contribution in [0.15, 0.2) is 15.9 Å². The van der Waals surface area contributed by atoms with Crippen molar-refractivity contribution in [2.45, 2.75) is 13.8 Å². The van der Waals surface area contributed by atoms with Crippen LogP contribution in [-0.2, 0) is 0 Å². The van der Waals surface area contributed by atoms with Gasteiger partial charge >= 0.3 is 0 Å². The van der Waals surface area contributed by atoms with E-state index in [0.29, 0.717) is 11.8 Å². The first-order valence-electron chi connectivity index (χ1n) is 5.65. The van der Waals surface area contributed by atoms with E-state index in [0.717, 1.165) is 22.4 Å². The first-order valence-corrected chi connectivity index (χ1v) is 7.32. The molecule has 18 heavy (non-hydrogen) atoms. The highest BCUT2D eigenvalue weighted by molar-refractivity contribution is 9.10. The summed E-state index contributed by atoms with van der Waals surface area (Å²) < 4.78 is 0.976. The zero-order chi connectivity index (χ0) is 13.1. The van der Waals surface area contributed by atoms with E-state index in [9.17, 15) is 0 Å². The van der Waals surface area contributed by atoms with Crippen LogP contribution in [-0.4, -0.2) is 28.0 Å². The monoisotopic (exact) mass is 327 g/mol. The Morgan fingerprint density at radius 3 is 2.56 bits per heavy atom. The third-order valence-corrected chi connectivity index (χ3v) is 4.34. The molecule has 2 N–H and O–H groups in total. The minimum atomic E-state index is 0.252. The van der Waals surface area contributed by atoms with Gasteiger partial charge in [0.05, 0.1) is 4.88 Å². The van der Waals surface area contributed by atoms with Gasteiger partial charge in [-0.25, -0.2) is 0 Å². The van der Waals surface area contributed by atoms with Crippen LogP contribution in [0.5, 0.6) is 0 Å². The summed E-state index contributed by atoms with van der Waals surface area (Å²) in [5.74, 6) is 1.50. The predicted octanol–water partition coefficient (Wildman–Crippen LogP) is 2.79. The van der Waals surface area contributed by atoms with Crippen molar-refractivity contribution in [3.63, 3.8) is 0 Å². The Bertz CT molecular complexity index is 538. The van der Waals surface area contributed by atoms with Gasteiger partial charge in [0.2, 0.25) is 11.9 Å². The summed E-state index contributed by atoms with van der Waals surface area (Å²) >= 11 is 5.05. The topological polar surface area (TPSA) is 67.9 Å². The molecule has 0 amide bonds. The average molecular weight is 328 g/mol. The molecule has 0 fully saturated rings. The van der Waals surface area contributed by atoms with Crippen LogP contribution in [0.2, 0.25) is 0 Å². The smallest absolute Gasteiger partial charge is 0.230 e. The third kappa shape index (κ3) is 2.62. The fourth-order valence-corrected chi connectivity index (χ4v) is 3.07. The zero-order valence-corrected chi connectivity index (χ0v) is 12.6.